The van der Waals surface area contributed by atoms with E-state index in [2.05, 4.69) is 4.98 Å². The molecule has 1 N–H and O–H groups in total. The number of methoxy groups -OCH3 is 4. The summed E-state index contributed by atoms with van der Waals surface area (Å²) in [7, 11) is 5.94. The molecule has 186 valence electrons. The fraction of sp³-hybridized carbons (Fsp3) is 0.222. The predicted molar refractivity (Wildman–Crippen MR) is 131 cm³/mol. The van der Waals surface area contributed by atoms with E-state index in [1.165, 1.54) is 33.3 Å². The second-order valence-electron chi connectivity index (χ2n) is 7.98. The Bertz CT molecular complexity index is 1300. The molecule has 1 fully saturated rings. The molecule has 9 nitrogen and oxygen atoms in total. The fourth-order valence-electron chi connectivity index (χ4n) is 4.26. The van der Waals surface area contributed by atoms with Gasteiger partial charge in [0.2, 0.25) is 5.75 Å². The van der Waals surface area contributed by atoms with Crippen LogP contribution in [0, 0.1) is 0 Å². The molecular weight excluding hydrogens is 464 g/mol. The number of benzene rings is 2. The number of carbonyl (C=O) groups is 2. The van der Waals surface area contributed by atoms with E-state index < -0.39 is 17.7 Å². The summed E-state index contributed by atoms with van der Waals surface area (Å²) in [5.41, 5.74) is 1.49. The van der Waals surface area contributed by atoms with Gasteiger partial charge in [-0.1, -0.05) is 18.2 Å². The number of nitrogens with zero attached hydrogens (tertiary/aromatic N) is 2. The van der Waals surface area contributed by atoms with Gasteiger partial charge < -0.3 is 29.0 Å². The average Bonchev–Trinajstić information content (AvgIpc) is 3.17. The number of aromatic nitrogens is 1. The number of likely N-dealkylation sites (tertiary alicyclic amines) is 1. The van der Waals surface area contributed by atoms with Gasteiger partial charge in [0.25, 0.3) is 11.7 Å². The van der Waals surface area contributed by atoms with Gasteiger partial charge in [-0.05, 0) is 41.5 Å². The summed E-state index contributed by atoms with van der Waals surface area (Å²) in [6, 6.07) is 12.6. The summed E-state index contributed by atoms with van der Waals surface area (Å²) in [4.78, 5) is 32.1. The van der Waals surface area contributed by atoms with Gasteiger partial charge in [-0.3, -0.25) is 14.6 Å². The van der Waals surface area contributed by atoms with Crippen LogP contribution in [0.5, 0.6) is 23.0 Å². The number of carbonyl (C=O) groups excluding carboxylic acids is 2. The Morgan fingerprint density at radius 3 is 2.25 bits per heavy atom. The predicted octanol–water partition coefficient (Wildman–Crippen LogP) is 3.74. The normalized spacial score (nSPS) is 16.7. The Hall–Kier alpha value is -4.53. The van der Waals surface area contributed by atoms with Crippen LogP contribution >= 0.6 is 0 Å². The topological polar surface area (TPSA) is 107 Å². The number of ether oxygens (including phenoxy) is 4. The number of aliphatic hydroxyl groups excluding tert-OH is 1. The lowest BCUT2D eigenvalue weighted by molar-refractivity contribution is -0.140. The van der Waals surface area contributed by atoms with Crippen LogP contribution in [-0.4, -0.2) is 55.1 Å². The number of rotatable bonds is 8. The smallest absolute Gasteiger partial charge is 0.295 e. The third-order valence-corrected chi connectivity index (χ3v) is 5.96. The molecule has 1 aromatic heterocycles. The highest BCUT2D eigenvalue weighted by Gasteiger charge is 2.46. The van der Waals surface area contributed by atoms with Crippen LogP contribution in [0.4, 0.5) is 0 Å². The van der Waals surface area contributed by atoms with E-state index >= 15 is 0 Å². The molecule has 0 spiro atoms. The van der Waals surface area contributed by atoms with Crippen molar-refractivity contribution in [1.82, 2.24) is 9.88 Å². The lowest BCUT2D eigenvalue weighted by Gasteiger charge is -2.26. The van der Waals surface area contributed by atoms with Crippen molar-refractivity contribution in [3.8, 4) is 23.0 Å². The molecule has 9 heteroatoms. The summed E-state index contributed by atoms with van der Waals surface area (Å²) in [5.74, 6) is -0.325. The largest absolute Gasteiger partial charge is 0.507 e. The van der Waals surface area contributed by atoms with E-state index in [4.69, 9.17) is 18.9 Å². The van der Waals surface area contributed by atoms with E-state index in [9.17, 15) is 14.7 Å². The maximum Gasteiger partial charge on any atom is 0.295 e. The summed E-state index contributed by atoms with van der Waals surface area (Å²) in [6.45, 7) is 0.0919. The fourth-order valence-corrected chi connectivity index (χ4v) is 4.26. The molecule has 0 saturated carbocycles. The molecule has 2 heterocycles. The van der Waals surface area contributed by atoms with Crippen LogP contribution in [0.25, 0.3) is 5.76 Å². The van der Waals surface area contributed by atoms with Gasteiger partial charge in [-0.25, -0.2) is 0 Å². The summed E-state index contributed by atoms with van der Waals surface area (Å²) < 4.78 is 21.7. The third-order valence-electron chi connectivity index (χ3n) is 5.96. The lowest BCUT2D eigenvalue weighted by Crippen LogP contribution is -2.29. The van der Waals surface area contributed by atoms with E-state index in [1.54, 1.807) is 60.9 Å². The van der Waals surface area contributed by atoms with Crippen molar-refractivity contribution in [2.24, 2.45) is 0 Å². The number of Topliss-reactive ketones (excluding diaryl/α,β-unsaturated/α-hetero) is 1. The molecule has 0 aliphatic carbocycles. The highest BCUT2D eigenvalue weighted by atomic mass is 16.5. The average molecular weight is 491 g/mol. The number of amides is 1. The van der Waals surface area contributed by atoms with Gasteiger partial charge in [0, 0.05) is 24.5 Å². The first kappa shape index (κ1) is 24.6. The maximum absolute atomic E-state index is 13.3. The highest BCUT2D eigenvalue weighted by molar-refractivity contribution is 6.46. The number of hydrogen-bond donors (Lipinski definition) is 1. The second kappa shape index (κ2) is 10.4. The van der Waals surface area contributed by atoms with Crippen LogP contribution in [0.2, 0.25) is 0 Å². The van der Waals surface area contributed by atoms with Gasteiger partial charge in [0.1, 0.15) is 11.5 Å². The van der Waals surface area contributed by atoms with Gasteiger partial charge in [0.05, 0.1) is 40.1 Å². The Labute approximate surface area is 208 Å². The quantitative estimate of drug-likeness (QED) is 0.289. The number of ketones is 1. The molecule has 1 atom stereocenters. The molecule has 1 aliphatic heterocycles. The number of hydrogen-bond acceptors (Lipinski definition) is 8. The van der Waals surface area contributed by atoms with Crippen molar-refractivity contribution >= 4 is 17.4 Å². The van der Waals surface area contributed by atoms with Gasteiger partial charge >= 0.3 is 0 Å². The van der Waals surface area contributed by atoms with Crippen LogP contribution in [0.1, 0.15) is 22.7 Å². The first-order valence-corrected chi connectivity index (χ1v) is 11.0. The molecule has 4 rings (SSSR count). The van der Waals surface area contributed by atoms with Gasteiger partial charge in [0.15, 0.2) is 11.5 Å². The van der Waals surface area contributed by atoms with E-state index in [1.807, 2.05) is 0 Å². The second-order valence-corrected chi connectivity index (χ2v) is 7.98. The number of pyridine rings is 1. The Balaban J connectivity index is 1.95. The summed E-state index contributed by atoms with van der Waals surface area (Å²) in [5, 5.41) is 11.3. The minimum atomic E-state index is -0.940. The van der Waals surface area contributed by atoms with Crippen molar-refractivity contribution < 1.29 is 33.6 Å². The zero-order chi connectivity index (χ0) is 25.8. The van der Waals surface area contributed by atoms with Crippen molar-refractivity contribution in [2.75, 3.05) is 28.4 Å². The SMILES string of the molecule is COc1cccc(C(O)=C2C(=O)C(=O)N(Cc3cccnc3)[C@H]2c2cc(OC)c(OC)c(OC)c2)c1. The van der Waals surface area contributed by atoms with Gasteiger partial charge in [-0.15, -0.1) is 0 Å². The van der Waals surface area contributed by atoms with Crippen molar-refractivity contribution in [2.45, 2.75) is 12.6 Å². The van der Waals surface area contributed by atoms with Gasteiger partial charge in [-0.2, -0.15) is 0 Å². The van der Waals surface area contributed by atoms with Crippen LogP contribution in [0.3, 0.4) is 0 Å². The highest BCUT2D eigenvalue weighted by Crippen LogP contribution is 2.46. The van der Waals surface area contributed by atoms with Crippen LogP contribution in [-0.2, 0) is 16.1 Å². The minimum Gasteiger partial charge on any atom is -0.507 e. The Kier molecular flexibility index (Phi) is 7.10. The van der Waals surface area contributed by atoms with Crippen molar-refractivity contribution in [1.29, 1.82) is 0 Å². The molecule has 36 heavy (non-hydrogen) atoms. The standard InChI is InChI=1S/C27H26N2O7/c1-33-19-9-5-8-17(11-19)24(30)22-23(18-12-20(34-2)26(36-4)21(13-18)35-3)29(27(32)25(22)31)15-16-7-6-10-28-14-16/h5-14,23,30H,15H2,1-4H3/t23-/m0/s1. The summed E-state index contributed by atoms with van der Waals surface area (Å²) in [6.07, 6.45) is 3.24. The Morgan fingerprint density at radius 2 is 1.67 bits per heavy atom. The van der Waals surface area contributed by atoms with E-state index in [-0.39, 0.29) is 17.9 Å². The third kappa shape index (κ3) is 4.43. The maximum atomic E-state index is 13.3. The first-order valence-electron chi connectivity index (χ1n) is 11.0. The van der Waals surface area contributed by atoms with Crippen LogP contribution < -0.4 is 18.9 Å². The zero-order valence-corrected chi connectivity index (χ0v) is 20.3. The molecule has 1 amide bonds. The van der Waals surface area contributed by atoms with E-state index in [0.29, 0.717) is 34.1 Å². The minimum absolute atomic E-state index is 0.0635. The monoisotopic (exact) mass is 490 g/mol. The molecule has 1 aliphatic rings. The molecule has 2 aromatic carbocycles. The molecule has 3 aromatic rings. The van der Waals surface area contributed by atoms with Crippen molar-refractivity contribution in [3.63, 3.8) is 0 Å². The molecule has 0 unspecified atom stereocenters. The summed E-state index contributed by atoms with van der Waals surface area (Å²) >= 11 is 0. The molecule has 0 radical (unpaired) electrons. The number of aliphatic hydroxyl groups is 1. The first-order chi connectivity index (χ1) is 17.4. The van der Waals surface area contributed by atoms with Crippen molar-refractivity contribution in [3.05, 3.63) is 83.2 Å². The molecule has 1 saturated heterocycles. The Morgan fingerprint density at radius 1 is 0.944 bits per heavy atom. The molecule has 0 bridgehead atoms. The van der Waals surface area contributed by atoms with E-state index in [0.717, 1.165) is 5.56 Å². The van der Waals surface area contributed by atoms with Crippen LogP contribution in [0.15, 0.2) is 66.5 Å². The zero-order valence-electron chi connectivity index (χ0n) is 20.3. The lowest BCUT2D eigenvalue weighted by atomic mass is 9.94. The molecular formula is C27H26N2O7.